The van der Waals surface area contributed by atoms with Crippen LogP contribution in [0.15, 0.2) is 47.6 Å². The van der Waals surface area contributed by atoms with E-state index < -0.39 is 0 Å². The van der Waals surface area contributed by atoms with Gasteiger partial charge in [0.15, 0.2) is 5.78 Å². The van der Waals surface area contributed by atoms with E-state index >= 15 is 0 Å². The fourth-order valence-electron chi connectivity index (χ4n) is 2.44. The van der Waals surface area contributed by atoms with Crippen molar-refractivity contribution in [2.75, 3.05) is 0 Å². The van der Waals surface area contributed by atoms with E-state index in [4.69, 9.17) is 0 Å². The van der Waals surface area contributed by atoms with E-state index in [1.54, 1.807) is 4.68 Å². The summed E-state index contributed by atoms with van der Waals surface area (Å²) in [6.45, 7) is 8.01. The van der Waals surface area contributed by atoms with Gasteiger partial charge in [-0.05, 0) is 61.4 Å². The van der Waals surface area contributed by atoms with E-state index in [0.717, 1.165) is 11.3 Å². The number of rotatable bonds is 5. The molecule has 128 valence electrons. The number of hydrogen-bond donors (Lipinski definition) is 0. The Morgan fingerprint density at radius 2 is 1.76 bits per heavy atom. The minimum atomic E-state index is -0.279. The van der Waals surface area contributed by atoms with Crippen LogP contribution in [0.25, 0.3) is 5.69 Å². The van der Waals surface area contributed by atoms with Gasteiger partial charge in [0, 0.05) is 5.56 Å². The van der Waals surface area contributed by atoms with Gasteiger partial charge in [-0.2, -0.15) is 4.68 Å². The van der Waals surface area contributed by atoms with Crippen LogP contribution < -0.4 is 0 Å². The molecule has 3 aromatic rings. The predicted molar refractivity (Wildman–Crippen MR) is 99.5 cm³/mol. The molecule has 0 amide bonds. The molecular formula is C19H20N4OS. The molecule has 1 aromatic heterocycles. The molecule has 5 nitrogen and oxygen atoms in total. The standard InChI is InChI=1S/C19H20N4OS/c1-12-5-8-16(9-6-12)18(24)15(4)25-19-20-21-22-23(19)17-10-7-13(2)14(3)11-17/h5-11,15H,1-4H3. The van der Waals surface area contributed by atoms with Crippen LogP contribution in [0.1, 0.15) is 34.0 Å². The second kappa shape index (κ2) is 7.19. The quantitative estimate of drug-likeness (QED) is 0.514. The molecule has 0 saturated heterocycles. The lowest BCUT2D eigenvalue weighted by molar-refractivity contribution is 0.0994. The first-order chi connectivity index (χ1) is 12.0. The molecule has 0 spiro atoms. The zero-order chi connectivity index (χ0) is 18.0. The second-order valence-electron chi connectivity index (χ2n) is 6.13. The van der Waals surface area contributed by atoms with Crippen LogP contribution >= 0.6 is 11.8 Å². The van der Waals surface area contributed by atoms with Crippen LogP contribution in [0.2, 0.25) is 0 Å². The molecule has 0 aliphatic heterocycles. The Kier molecular flexibility index (Phi) is 4.99. The lowest BCUT2D eigenvalue weighted by atomic mass is 10.1. The van der Waals surface area contributed by atoms with Crippen LogP contribution in [0.5, 0.6) is 0 Å². The summed E-state index contributed by atoms with van der Waals surface area (Å²) >= 11 is 1.37. The van der Waals surface area contributed by atoms with Crippen molar-refractivity contribution in [2.45, 2.75) is 38.1 Å². The van der Waals surface area contributed by atoms with E-state index in [1.165, 1.54) is 22.9 Å². The molecule has 2 aromatic carbocycles. The van der Waals surface area contributed by atoms with Crippen molar-refractivity contribution in [3.63, 3.8) is 0 Å². The maximum atomic E-state index is 12.6. The van der Waals surface area contributed by atoms with Gasteiger partial charge in [0.1, 0.15) is 0 Å². The number of carbonyl (C=O) groups is 1. The topological polar surface area (TPSA) is 60.7 Å². The summed E-state index contributed by atoms with van der Waals surface area (Å²) in [5.74, 6) is 0.0691. The van der Waals surface area contributed by atoms with Crippen molar-refractivity contribution in [2.24, 2.45) is 0 Å². The number of Topliss-reactive ketones (excluding diaryl/α,β-unsaturated/α-hetero) is 1. The van der Waals surface area contributed by atoms with Crippen molar-refractivity contribution >= 4 is 17.5 Å². The minimum absolute atomic E-state index is 0.0691. The van der Waals surface area contributed by atoms with E-state index in [-0.39, 0.29) is 11.0 Å². The molecule has 1 unspecified atom stereocenters. The number of benzene rings is 2. The molecule has 0 aliphatic carbocycles. The average molecular weight is 352 g/mol. The number of aromatic nitrogens is 4. The van der Waals surface area contributed by atoms with E-state index in [0.29, 0.717) is 10.7 Å². The van der Waals surface area contributed by atoms with Crippen molar-refractivity contribution in [1.29, 1.82) is 0 Å². The third-order valence-electron chi connectivity index (χ3n) is 4.16. The van der Waals surface area contributed by atoms with Gasteiger partial charge < -0.3 is 0 Å². The van der Waals surface area contributed by atoms with Crippen molar-refractivity contribution in [1.82, 2.24) is 20.2 Å². The van der Waals surface area contributed by atoms with Gasteiger partial charge in [0.05, 0.1) is 10.9 Å². The van der Waals surface area contributed by atoms with Gasteiger partial charge in [-0.25, -0.2) is 0 Å². The summed E-state index contributed by atoms with van der Waals surface area (Å²) in [4.78, 5) is 12.6. The smallest absolute Gasteiger partial charge is 0.214 e. The van der Waals surface area contributed by atoms with Crippen LogP contribution in [0.4, 0.5) is 0 Å². The van der Waals surface area contributed by atoms with E-state index in [9.17, 15) is 4.79 Å². The van der Waals surface area contributed by atoms with Crippen LogP contribution in [0.3, 0.4) is 0 Å². The maximum absolute atomic E-state index is 12.6. The minimum Gasteiger partial charge on any atom is -0.293 e. The Labute approximate surface area is 151 Å². The molecule has 25 heavy (non-hydrogen) atoms. The van der Waals surface area contributed by atoms with Gasteiger partial charge in [0.25, 0.3) is 0 Å². The summed E-state index contributed by atoms with van der Waals surface area (Å²) in [7, 11) is 0. The molecule has 0 radical (unpaired) electrons. The Morgan fingerprint density at radius 1 is 1.04 bits per heavy atom. The highest BCUT2D eigenvalue weighted by atomic mass is 32.2. The fraction of sp³-hybridized carbons (Fsp3) is 0.263. The number of ketones is 1. The number of nitrogens with zero attached hydrogens (tertiary/aromatic N) is 4. The van der Waals surface area contributed by atoms with Gasteiger partial charge in [-0.3, -0.25) is 4.79 Å². The van der Waals surface area contributed by atoms with Gasteiger partial charge in [-0.15, -0.1) is 5.10 Å². The number of aryl methyl sites for hydroxylation is 3. The van der Waals surface area contributed by atoms with E-state index in [2.05, 4.69) is 29.4 Å². The Bertz CT molecular complexity index is 902. The SMILES string of the molecule is Cc1ccc(C(=O)C(C)Sc2nnnn2-c2ccc(C)c(C)c2)cc1. The number of tetrazole rings is 1. The van der Waals surface area contributed by atoms with Crippen LogP contribution in [-0.4, -0.2) is 31.2 Å². The Hall–Kier alpha value is -2.47. The van der Waals surface area contributed by atoms with Crippen LogP contribution in [-0.2, 0) is 0 Å². The molecule has 0 bridgehead atoms. The predicted octanol–water partition coefficient (Wildman–Crippen LogP) is 3.95. The number of hydrogen-bond acceptors (Lipinski definition) is 5. The van der Waals surface area contributed by atoms with Crippen molar-refractivity contribution < 1.29 is 4.79 Å². The highest BCUT2D eigenvalue weighted by Crippen LogP contribution is 2.26. The van der Waals surface area contributed by atoms with Crippen molar-refractivity contribution in [3.05, 3.63) is 64.7 Å². The zero-order valence-electron chi connectivity index (χ0n) is 14.7. The molecule has 6 heteroatoms. The van der Waals surface area contributed by atoms with Crippen molar-refractivity contribution in [3.8, 4) is 5.69 Å². The monoisotopic (exact) mass is 352 g/mol. The molecule has 0 N–H and O–H groups in total. The molecular weight excluding hydrogens is 332 g/mol. The fourth-order valence-corrected chi connectivity index (χ4v) is 3.32. The first kappa shape index (κ1) is 17.4. The molecule has 0 saturated carbocycles. The number of carbonyl (C=O) groups excluding carboxylic acids is 1. The lowest BCUT2D eigenvalue weighted by Gasteiger charge is -2.11. The maximum Gasteiger partial charge on any atom is 0.214 e. The molecule has 1 heterocycles. The third-order valence-corrected chi connectivity index (χ3v) is 5.20. The summed E-state index contributed by atoms with van der Waals surface area (Å²) in [6, 6.07) is 13.7. The van der Waals surface area contributed by atoms with Gasteiger partial charge >= 0.3 is 0 Å². The highest BCUT2D eigenvalue weighted by molar-refractivity contribution is 8.00. The third kappa shape index (κ3) is 3.79. The molecule has 0 aliphatic rings. The lowest BCUT2D eigenvalue weighted by Crippen LogP contribution is -2.14. The summed E-state index contributed by atoms with van der Waals surface area (Å²) in [6.07, 6.45) is 0. The average Bonchev–Trinajstić information content (AvgIpc) is 3.05. The summed E-state index contributed by atoms with van der Waals surface area (Å²) in [5, 5.41) is 12.3. The Balaban J connectivity index is 1.81. The zero-order valence-corrected chi connectivity index (χ0v) is 15.5. The first-order valence-electron chi connectivity index (χ1n) is 8.09. The molecule has 1 atom stereocenters. The largest absolute Gasteiger partial charge is 0.293 e. The van der Waals surface area contributed by atoms with Crippen LogP contribution in [0, 0.1) is 20.8 Å². The highest BCUT2D eigenvalue weighted by Gasteiger charge is 2.20. The van der Waals surface area contributed by atoms with Gasteiger partial charge in [0.2, 0.25) is 5.16 Å². The van der Waals surface area contributed by atoms with E-state index in [1.807, 2.05) is 56.3 Å². The summed E-state index contributed by atoms with van der Waals surface area (Å²) < 4.78 is 1.68. The number of thioether (sulfide) groups is 1. The summed E-state index contributed by atoms with van der Waals surface area (Å²) in [5.41, 5.74) is 5.12. The molecule has 0 fully saturated rings. The first-order valence-corrected chi connectivity index (χ1v) is 8.97. The Morgan fingerprint density at radius 3 is 2.44 bits per heavy atom. The molecule has 3 rings (SSSR count). The second-order valence-corrected chi connectivity index (χ2v) is 7.44. The normalized spacial score (nSPS) is 12.2. The van der Waals surface area contributed by atoms with Gasteiger partial charge in [-0.1, -0.05) is 47.7 Å².